The molecule has 192 valence electrons. The second-order valence-electron chi connectivity index (χ2n) is 9.22. The van der Waals surface area contributed by atoms with Crippen LogP contribution in [0.1, 0.15) is 33.2 Å². The van der Waals surface area contributed by atoms with E-state index in [4.69, 9.17) is 4.74 Å². The van der Waals surface area contributed by atoms with Crippen molar-refractivity contribution in [3.05, 3.63) is 138 Å². The van der Waals surface area contributed by atoms with Crippen LogP contribution in [-0.2, 0) is 6.54 Å². The molecular formula is C32H23FN2O4. The summed E-state index contributed by atoms with van der Waals surface area (Å²) >= 11 is 0. The van der Waals surface area contributed by atoms with E-state index in [1.165, 1.54) is 16.7 Å². The number of benzene rings is 4. The maximum absolute atomic E-state index is 13.5. The van der Waals surface area contributed by atoms with Crippen LogP contribution in [0, 0.1) is 5.82 Å². The van der Waals surface area contributed by atoms with Gasteiger partial charge in [-0.25, -0.2) is 9.18 Å². The average molecular weight is 519 g/mol. The number of carboxylic acids is 1. The molecule has 0 saturated heterocycles. The molecule has 6 rings (SSSR count). The second-order valence-corrected chi connectivity index (χ2v) is 9.22. The second kappa shape index (κ2) is 9.95. The molecule has 0 spiro atoms. The van der Waals surface area contributed by atoms with Crippen LogP contribution in [0.15, 0.2) is 109 Å². The molecule has 0 bridgehead atoms. The Labute approximate surface area is 223 Å². The van der Waals surface area contributed by atoms with Crippen LogP contribution in [0.5, 0.6) is 11.6 Å². The molecule has 0 aliphatic carbocycles. The van der Waals surface area contributed by atoms with Gasteiger partial charge in [0, 0.05) is 23.2 Å². The van der Waals surface area contributed by atoms with Crippen LogP contribution < -0.4 is 4.74 Å². The molecule has 2 N–H and O–H groups in total. The Balaban J connectivity index is 1.61. The molecule has 6 nitrogen and oxygen atoms in total. The number of carbonyl (C=O) groups is 1. The van der Waals surface area contributed by atoms with Gasteiger partial charge in [0.15, 0.2) is 5.75 Å². The minimum Gasteiger partial charge on any atom is -0.494 e. The van der Waals surface area contributed by atoms with E-state index in [-0.39, 0.29) is 34.9 Å². The van der Waals surface area contributed by atoms with E-state index in [1.807, 2.05) is 60.7 Å². The summed E-state index contributed by atoms with van der Waals surface area (Å²) in [6, 6.07) is 28.6. The fourth-order valence-corrected chi connectivity index (χ4v) is 4.96. The van der Waals surface area contributed by atoms with Gasteiger partial charge in [-0.3, -0.25) is 4.98 Å². The third-order valence-corrected chi connectivity index (χ3v) is 6.76. The maximum atomic E-state index is 13.5. The number of fused-ring (bicyclic) bond motifs is 2. The standard InChI is InChI=1S/C32H23FN2O4/c33-23-15-13-20(14-16-23)18-35-19-25-26(32(37)38)24-12-7-17-34-28(24)30(27(25)31(35)36)39-29(21-8-3-1-4-9-21)22-10-5-2-6-11-22/h1-17,19,29,36H,18H2,(H,37,38). The molecule has 0 radical (unpaired) electrons. The van der Waals surface area contributed by atoms with E-state index in [0.717, 1.165) is 16.7 Å². The van der Waals surface area contributed by atoms with Crippen LogP contribution in [0.2, 0.25) is 0 Å². The molecule has 0 saturated carbocycles. The zero-order valence-electron chi connectivity index (χ0n) is 20.7. The van der Waals surface area contributed by atoms with E-state index in [2.05, 4.69) is 4.98 Å². The van der Waals surface area contributed by atoms with Crippen molar-refractivity contribution in [3.8, 4) is 11.6 Å². The van der Waals surface area contributed by atoms with E-state index in [1.54, 1.807) is 36.7 Å². The number of carboxylic acid groups (broad SMARTS) is 1. The third kappa shape index (κ3) is 4.44. The first-order chi connectivity index (χ1) is 19.0. The molecule has 4 aromatic carbocycles. The van der Waals surface area contributed by atoms with E-state index in [0.29, 0.717) is 16.3 Å². The summed E-state index contributed by atoms with van der Waals surface area (Å²) < 4.78 is 21.8. The van der Waals surface area contributed by atoms with Crippen molar-refractivity contribution >= 4 is 27.6 Å². The number of ether oxygens (including phenoxy) is 1. The van der Waals surface area contributed by atoms with Gasteiger partial charge in [-0.2, -0.15) is 0 Å². The number of hydrogen-bond donors (Lipinski definition) is 2. The zero-order valence-corrected chi connectivity index (χ0v) is 20.7. The number of nitrogens with zero attached hydrogens (tertiary/aromatic N) is 2. The van der Waals surface area contributed by atoms with Gasteiger partial charge < -0.3 is 19.5 Å². The van der Waals surface area contributed by atoms with E-state index < -0.39 is 12.1 Å². The number of aromatic nitrogens is 2. The normalized spacial score (nSPS) is 11.3. The van der Waals surface area contributed by atoms with Crippen molar-refractivity contribution in [3.63, 3.8) is 0 Å². The fraction of sp³-hybridized carbons (Fsp3) is 0.0625. The Morgan fingerprint density at radius 1 is 0.872 bits per heavy atom. The summed E-state index contributed by atoms with van der Waals surface area (Å²) in [5, 5.41) is 22.7. The Bertz CT molecular complexity index is 1760. The number of hydrogen-bond acceptors (Lipinski definition) is 4. The predicted octanol–water partition coefficient (Wildman–Crippen LogP) is 6.95. The van der Waals surface area contributed by atoms with Gasteiger partial charge >= 0.3 is 5.97 Å². The van der Waals surface area contributed by atoms with Crippen LogP contribution in [0.3, 0.4) is 0 Å². The molecule has 0 amide bonds. The molecule has 2 heterocycles. The quantitative estimate of drug-likeness (QED) is 0.239. The summed E-state index contributed by atoms with van der Waals surface area (Å²) in [5.41, 5.74) is 2.85. The molecule has 0 fully saturated rings. The predicted molar refractivity (Wildman–Crippen MR) is 147 cm³/mol. The first-order valence-corrected chi connectivity index (χ1v) is 12.4. The molecule has 6 aromatic rings. The molecule has 2 aromatic heterocycles. The van der Waals surface area contributed by atoms with Crippen LogP contribution in [0.25, 0.3) is 21.7 Å². The molecule has 0 atom stereocenters. The maximum Gasteiger partial charge on any atom is 0.337 e. The molecule has 0 aliphatic heterocycles. The van der Waals surface area contributed by atoms with Gasteiger partial charge in [-0.1, -0.05) is 78.9 Å². The van der Waals surface area contributed by atoms with Gasteiger partial charge in [-0.05, 0) is 34.9 Å². The van der Waals surface area contributed by atoms with Crippen molar-refractivity contribution in [1.29, 1.82) is 0 Å². The van der Waals surface area contributed by atoms with Gasteiger partial charge in [0.1, 0.15) is 17.4 Å². The van der Waals surface area contributed by atoms with Crippen molar-refractivity contribution < 1.29 is 24.1 Å². The summed E-state index contributed by atoms with van der Waals surface area (Å²) in [4.78, 5) is 17.0. The average Bonchev–Trinajstić information content (AvgIpc) is 3.28. The first-order valence-electron chi connectivity index (χ1n) is 12.4. The van der Waals surface area contributed by atoms with E-state index >= 15 is 0 Å². The smallest absolute Gasteiger partial charge is 0.337 e. The summed E-state index contributed by atoms with van der Waals surface area (Å²) in [5.74, 6) is -1.40. The molecule has 7 heteroatoms. The molecule has 0 aliphatic rings. The highest BCUT2D eigenvalue weighted by Crippen LogP contribution is 2.45. The van der Waals surface area contributed by atoms with Crippen molar-refractivity contribution in [2.24, 2.45) is 0 Å². The fourth-order valence-electron chi connectivity index (χ4n) is 4.96. The lowest BCUT2D eigenvalue weighted by Crippen LogP contribution is -2.11. The lowest BCUT2D eigenvalue weighted by Gasteiger charge is -2.22. The molecule has 39 heavy (non-hydrogen) atoms. The number of halogens is 1. The van der Waals surface area contributed by atoms with Crippen LogP contribution in [0.4, 0.5) is 4.39 Å². The largest absolute Gasteiger partial charge is 0.494 e. The monoisotopic (exact) mass is 518 g/mol. The molecule has 0 unspecified atom stereocenters. The van der Waals surface area contributed by atoms with Crippen molar-refractivity contribution in [2.45, 2.75) is 12.6 Å². The first kappa shape index (κ1) is 24.2. The summed E-state index contributed by atoms with van der Waals surface area (Å²) in [6.07, 6.45) is 2.60. The minimum atomic E-state index is -1.15. The Hall–Kier alpha value is -5.17. The Morgan fingerprint density at radius 3 is 2.13 bits per heavy atom. The number of pyridine rings is 1. The summed E-state index contributed by atoms with van der Waals surface area (Å²) in [6.45, 7) is 0.198. The molecular weight excluding hydrogens is 495 g/mol. The topological polar surface area (TPSA) is 84.6 Å². The highest BCUT2D eigenvalue weighted by Gasteiger charge is 2.28. The van der Waals surface area contributed by atoms with Gasteiger partial charge in [0.2, 0.25) is 5.88 Å². The van der Waals surface area contributed by atoms with Crippen molar-refractivity contribution in [2.75, 3.05) is 0 Å². The zero-order chi connectivity index (χ0) is 26.9. The van der Waals surface area contributed by atoms with Crippen molar-refractivity contribution in [1.82, 2.24) is 9.55 Å². The van der Waals surface area contributed by atoms with Gasteiger partial charge in [0.05, 0.1) is 17.5 Å². The van der Waals surface area contributed by atoms with E-state index in [9.17, 15) is 19.4 Å². The minimum absolute atomic E-state index is 0.0181. The van der Waals surface area contributed by atoms with Gasteiger partial charge in [0.25, 0.3) is 0 Å². The lowest BCUT2D eigenvalue weighted by atomic mass is 9.99. The number of rotatable bonds is 7. The highest BCUT2D eigenvalue weighted by molar-refractivity contribution is 6.19. The Kier molecular flexibility index (Phi) is 6.17. The SMILES string of the molecule is O=C(O)c1c2cccnc2c(OC(c2ccccc2)c2ccccc2)c2c(O)n(Cc3ccc(F)cc3)cc12. The van der Waals surface area contributed by atoms with Crippen LogP contribution >= 0.6 is 0 Å². The summed E-state index contributed by atoms with van der Waals surface area (Å²) in [7, 11) is 0. The van der Waals surface area contributed by atoms with Crippen LogP contribution in [-0.4, -0.2) is 25.7 Å². The lowest BCUT2D eigenvalue weighted by molar-refractivity contribution is 0.0701. The number of aromatic carboxylic acids is 1. The number of aromatic hydroxyl groups is 1. The Morgan fingerprint density at radius 2 is 1.51 bits per heavy atom. The highest BCUT2D eigenvalue weighted by atomic mass is 19.1. The van der Waals surface area contributed by atoms with Gasteiger partial charge in [-0.15, -0.1) is 0 Å². The third-order valence-electron chi connectivity index (χ3n) is 6.76.